The third-order valence-corrected chi connectivity index (χ3v) is 10.7. The Hall–Kier alpha value is -2.05. The predicted molar refractivity (Wildman–Crippen MR) is 159 cm³/mol. The second-order valence-electron chi connectivity index (χ2n) is 13.2. The van der Waals surface area contributed by atoms with Crippen LogP contribution in [-0.4, -0.2) is 41.0 Å². The maximum absolute atomic E-state index is 13.6. The Labute approximate surface area is 239 Å². The van der Waals surface area contributed by atoms with Gasteiger partial charge in [0, 0.05) is 36.9 Å². The number of piperidine rings is 1. The first-order valence-electron chi connectivity index (χ1n) is 15.2. The number of methoxy groups -OCH3 is 1. The minimum absolute atomic E-state index is 0.0698. The van der Waals surface area contributed by atoms with Crippen LogP contribution in [0, 0.1) is 28.6 Å². The molecule has 0 N–H and O–H groups in total. The van der Waals surface area contributed by atoms with E-state index in [0.29, 0.717) is 12.5 Å². The molecule has 2 aliphatic carbocycles. The van der Waals surface area contributed by atoms with Crippen LogP contribution in [0.5, 0.6) is 0 Å². The van der Waals surface area contributed by atoms with E-state index in [1.54, 1.807) is 30.8 Å². The van der Waals surface area contributed by atoms with Crippen molar-refractivity contribution in [2.75, 3.05) is 20.2 Å². The van der Waals surface area contributed by atoms with Crippen LogP contribution in [0.15, 0.2) is 42.7 Å². The van der Waals surface area contributed by atoms with Crippen molar-refractivity contribution < 1.29 is 9.53 Å². The average molecular weight is 550 g/mol. The number of nitrogens with zero attached hydrogens (tertiary/aromatic N) is 3. The Morgan fingerprint density at radius 3 is 2.62 bits per heavy atom. The van der Waals surface area contributed by atoms with Crippen molar-refractivity contribution in [2.24, 2.45) is 28.6 Å². The second kappa shape index (κ2) is 12.6. The lowest BCUT2D eigenvalue weighted by molar-refractivity contribution is -0.155. The minimum Gasteiger partial charge on any atom is -0.468 e. The van der Waals surface area contributed by atoms with Gasteiger partial charge in [-0.05, 0) is 67.1 Å². The molecule has 1 aliphatic heterocycles. The standard InChI is InChI=1S/C33H47N3O2S/c1-32(2,18-16-26-12-13-26)27-21-33(31(37)38-3,17-7-11-25-9-5-4-6-10-25)24-36(22-27)23-28-14-15-29(39-28)30-34-19-8-20-35-30/h7-8,14-15,17,19-20,25-27H,4-6,9-13,16,18,21-24H2,1-3H3/b17-7+/t27?,33-/m1/s1. The molecule has 1 saturated heterocycles. The van der Waals surface area contributed by atoms with E-state index < -0.39 is 5.41 Å². The normalized spacial score (nSPS) is 25.3. The first-order valence-corrected chi connectivity index (χ1v) is 16.0. The van der Waals surface area contributed by atoms with Gasteiger partial charge in [0.05, 0.1) is 17.4 Å². The third kappa shape index (κ3) is 7.38. The number of thiophene rings is 1. The molecule has 0 radical (unpaired) electrons. The number of ether oxygens (including phenoxy) is 1. The molecule has 0 bridgehead atoms. The molecule has 2 atom stereocenters. The van der Waals surface area contributed by atoms with Crippen molar-refractivity contribution in [1.29, 1.82) is 0 Å². The van der Waals surface area contributed by atoms with E-state index in [-0.39, 0.29) is 11.4 Å². The molecule has 2 aromatic rings. The van der Waals surface area contributed by atoms with E-state index in [1.807, 2.05) is 6.07 Å². The molecule has 3 heterocycles. The summed E-state index contributed by atoms with van der Waals surface area (Å²) in [4.78, 5) is 27.4. The highest BCUT2D eigenvalue weighted by atomic mass is 32.1. The van der Waals surface area contributed by atoms with Gasteiger partial charge >= 0.3 is 5.97 Å². The van der Waals surface area contributed by atoms with E-state index in [9.17, 15) is 4.79 Å². The van der Waals surface area contributed by atoms with Gasteiger partial charge in [-0.15, -0.1) is 11.3 Å². The highest BCUT2D eigenvalue weighted by Crippen LogP contribution is 2.48. The highest BCUT2D eigenvalue weighted by molar-refractivity contribution is 7.15. The molecule has 3 fully saturated rings. The molecular weight excluding hydrogens is 502 g/mol. The average Bonchev–Trinajstić information content (AvgIpc) is 3.68. The lowest BCUT2D eigenvalue weighted by atomic mass is 9.64. The zero-order valence-corrected chi connectivity index (χ0v) is 25.1. The number of rotatable bonds is 11. The van der Waals surface area contributed by atoms with E-state index in [4.69, 9.17) is 4.74 Å². The molecule has 39 heavy (non-hydrogen) atoms. The fourth-order valence-corrected chi connectivity index (χ4v) is 7.85. The van der Waals surface area contributed by atoms with Crippen molar-refractivity contribution in [3.63, 3.8) is 0 Å². The third-order valence-electron chi connectivity index (χ3n) is 9.64. The lowest BCUT2D eigenvalue weighted by Gasteiger charge is -2.48. The monoisotopic (exact) mass is 549 g/mol. The number of hydrogen-bond acceptors (Lipinski definition) is 6. The summed E-state index contributed by atoms with van der Waals surface area (Å²) in [5.41, 5.74) is -0.415. The van der Waals surface area contributed by atoms with Gasteiger partial charge < -0.3 is 4.74 Å². The van der Waals surface area contributed by atoms with Crippen LogP contribution >= 0.6 is 11.3 Å². The summed E-state index contributed by atoms with van der Waals surface area (Å²) in [7, 11) is 1.57. The number of hydrogen-bond donors (Lipinski definition) is 0. The van der Waals surface area contributed by atoms with Crippen molar-refractivity contribution in [1.82, 2.24) is 14.9 Å². The smallest absolute Gasteiger partial charge is 0.316 e. The van der Waals surface area contributed by atoms with Crippen LogP contribution in [0.1, 0.15) is 89.4 Å². The number of aromatic nitrogens is 2. The minimum atomic E-state index is -0.591. The first kappa shape index (κ1) is 28.5. The Balaban J connectivity index is 1.37. The molecule has 5 rings (SSSR count). The maximum atomic E-state index is 13.6. The van der Waals surface area contributed by atoms with Crippen molar-refractivity contribution >= 4 is 17.3 Å². The number of carbonyl (C=O) groups excluding carboxylic acids is 1. The van der Waals surface area contributed by atoms with Crippen molar-refractivity contribution in [3.8, 4) is 10.7 Å². The molecule has 5 nitrogen and oxygen atoms in total. The van der Waals surface area contributed by atoms with Crippen LogP contribution in [0.4, 0.5) is 0 Å². The molecule has 1 unspecified atom stereocenters. The van der Waals surface area contributed by atoms with Gasteiger partial charge in [0.1, 0.15) is 0 Å². The number of allylic oxidation sites excluding steroid dienone is 1. The summed E-state index contributed by atoms with van der Waals surface area (Å²) in [6, 6.07) is 6.19. The molecule has 0 spiro atoms. The number of carbonyl (C=O) groups is 1. The Kier molecular flexibility index (Phi) is 9.23. The predicted octanol–water partition coefficient (Wildman–Crippen LogP) is 7.93. The number of likely N-dealkylation sites (tertiary alicyclic amines) is 1. The fourth-order valence-electron chi connectivity index (χ4n) is 6.85. The molecule has 0 aromatic carbocycles. The molecule has 0 amide bonds. The summed E-state index contributed by atoms with van der Waals surface area (Å²) in [6.07, 6.45) is 22.2. The Morgan fingerprint density at radius 2 is 1.90 bits per heavy atom. The molecular formula is C33H47N3O2S. The molecule has 6 heteroatoms. The van der Waals surface area contributed by atoms with Gasteiger partial charge in [-0.25, -0.2) is 9.97 Å². The van der Waals surface area contributed by atoms with Gasteiger partial charge in [0.2, 0.25) is 0 Å². The molecule has 2 aromatic heterocycles. The largest absolute Gasteiger partial charge is 0.468 e. The molecule has 2 saturated carbocycles. The van der Waals surface area contributed by atoms with Crippen LogP contribution in [0.2, 0.25) is 0 Å². The summed E-state index contributed by atoms with van der Waals surface area (Å²) < 4.78 is 5.53. The summed E-state index contributed by atoms with van der Waals surface area (Å²) in [5.74, 6) is 2.83. The SMILES string of the molecule is COC(=O)[C@]1(/C=C/CC2CCCCC2)CC(C(C)(C)CCC2CC2)CN(Cc2ccc(-c3ncccn3)s2)C1. The fraction of sp³-hybridized carbons (Fsp3) is 0.667. The van der Waals surface area contributed by atoms with Gasteiger partial charge in [-0.2, -0.15) is 0 Å². The van der Waals surface area contributed by atoms with E-state index >= 15 is 0 Å². The molecule has 3 aliphatic rings. The Morgan fingerprint density at radius 1 is 1.13 bits per heavy atom. The number of esters is 1. The maximum Gasteiger partial charge on any atom is 0.316 e. The summed E-state index contributed by atoms with van der Waals surface area (Å²) >= 11 is 1.76. The van der Waals surface area contributed by atoms with Crippen LogP contribution in [-0.2, 0) is 16.1 Å². The van der Waals surface area contributed by atoms with Gasteiger partial charge in [-0.1, -0.05) is 70.9 Å². The first-order chi connectivity index (χ1) is 18.9. The van der Waals surface area contributed by atoms with E-state index in [1.165, 1.54) is 62.7 Å². The van der Waals surface area contributed by atoms with Gasteiger partial charge in [-0.3, -0.25) is 9.69 Å². The van der Waals surface area contributed by atoms with Gasteiger partial charge in [0.15, 0.2) is 5.82 Å². The zero-order chi connectivity index (χ0) is 27.3. The Bertz CT molecular complexity index is 1100. The second-order valence-corrected chi connectivity index (χ2v) is 14.3. The van der Waals surface area contributed by atoms with E-state index in [0.717, 1.165) is 48.5 Å². The topological polar surface area (TPSA) is 55.3 Å². The van der Waals surface area contributed by atoms with Crippen LogP contribution < -0.4 is 0 Å². The van der Waals surface area contributed by atoms with Crippen LogP contribution in [0.3, 0.4) is 0 Å². The van der Waals surface area contributed by atoms with E-state index in [2.05, 4.69) is 53.0 Å². The lowest BCUT2D eigenvalue weighted by Crippen LogP contribution is -2.53. The zero-order valence-electron chi connectivity index (χ0n) is 24.2. The van der Waals surface area contributed by atoms with Crippen molar-refractivity contribution in [2.45, 2.75) is 91.0 Å². The highest BCUT2D eigenvalue weighted by Gasteiger charge is 2.48. The summed E-state index contributed by atoms with van der Waals surface area (Å²) in [5, 5.41) is 0. The van der Waals surface area contributed by atoms with Gasteiger partial charge in [0.25, 0.3) is 0 Å². The molecule has 212 valence electrons. The van der Waals surface area contributed by atoms with Crippen LogP contribution in [0.25, 0.3) is 10.7 Å². The van der Waals surface area contributed by atoms with Crippen molar-refractivity contribution in [3.05, 3.63) is 47.6 Å². The quantitative estimate of drug-likeness (QED) is 0.210. The summed E-state index contributed by atoms with van der Waals surface area (Å²) in [6.45, 7) is 7.44.